The molecule has 9 nitrogen and oxygen atoms in total. The van der Waals surface area contributed by atoms with E-state index in [4.69, 9.17) is 10.3 Å². The van der Waals surface area contributed by atoms with Crippen LogP contribution in [0.25, 0.3) is 0 Å². The highest BCUT2D eigenvalue weighted by atomic mass is 32.2. The van der Waals surface area contributed by atoms with Crippen LogP contribution >= 0.6 is 0 Å². The summed E-state index contributed by atoms with van der Waals surface area (Å²) in [6, 6.07) is 4.85. The lowest BCUT2D eigenvalue weighted by Gasteiger charge is -2.05. The molecule has 0 aliphatic rings. The lowest BCUT2D eigenvalue weighted by molar-refractivity contribution is -0.384. The van der Waals surface area contributed by atoms with E-state index in [2.05, 4.69) is 9.88 Å². The summed E-state index contributed by atoms with van der Waals surface area (Å²) < 4.78 is 31.3. The number of sulfonamides is 1. The van der Waals surface area contributed by atoms with Gasteiger partial charge in [0.2, 0.25) is 10.0 Å². The molecule has 0 saturated heterocycles. The maximum Gasteiger partial charge on any atom is 0.293 e. The second-order valence-corrected chi connectivity index (χ2v) is 6.00. The number of aryl methyl sites for hydroxylation is 1. The first-order chi connectivity index (χ1) is 9.79. The summed E-state index contributed by atoms with van der Waals surface area (Å²) in [5.41, 5.74) is 5.47. The van der Waals surface area contributed by atoms with Crippen LogP contribution in [-0.2, 0) is 16.6 Å². The Morgan fingerprint density at radius 1 is 1.43 bits per heavy atom. The van der Waals surface area contributed by atoms with Gasteiger partial charge < -0.3 is 10.3 Å². The molecule has 0 bridgehead atoms. The third-order valence-corrected chi connectivity index (χ3v) is 4.02. The van der Waals surface area contributed by atoms with Gasteiger partial charge in [0.1, 0.15) is 5.69 Å². The van der Waals surface area contributed by atoms with Crippen molar-refractivity contribution in [3.8, 4) is 0 Å². The molecule has 112 valence electrons. The van der Waals surface area contributed by atoms with E-state index >= 15 is 0 Å². The van der Waals surface area contributed by atoms with Crippen molar-refractivity contribution < 1.29 is 17.9 Å². The second-order valence-electron chi connectivity index (χ2n) is 4.24. The van der Waals surface area contributed by atoms with E-state index in [9.17, 15) is 18.5 Å². The third-order valence-electron chi connectivity index (χ3n) is 2.62. The van der Waals surface area contributed by atoms with Crippen molar-refractivity contribution in [3.63, 3.8) is 0 Å². The normalized spacial score (nSPS) is 11.5. The summed E-state index contributed by atoms with van der Waals surface area (Å²) in [7, 11) is -3.92. The quantitative estimate of drug-likeness (QED) is 0.475. The van der Waals surface area contributed by atoms with Gasteiger partial charge in [-0.2, -0.15) is 0 Å². The number of hydrogen-bond acceptors (Lipinski definition) is 7. The van der Waals surface area contributed by atoms with Crippen molar-refractivity contribution in [1.82, 2.24) is 9.88 Å². The summed E-state index contributed by atoms with van der Waals surface area (Å²) in [4.78, 5) is 9.78. The van der Waals surface area contributed by atoms with E-state index in [-0.39, 0.29) is 17.1 Å². The number of benzene rings is 1. The highest BCUT2D eigenvalue weighted by Gasteiger charge is 2.20. The first-order valence-corrected chi connectivity index (χ1v) is 7.23. The number of hydrogen-bond donors (Lipinski definition) is 2. The molecule has 1 aromatic heterocycles. The Bertz CT molecular complexity index is 784. The Morgan fingerprint density at radius 3 is 2.71 bits per heavy atom. The highest BCUT2D eigenvalue weighted by molar-refractivity contribution is 7.89. The van der Waals surface area contributed by atoms with Crippen molar-refractivity contribution in [2.24, 2.45) is 0 Å². The van der Waals surface area contributed by atoms with Crippen molar-refractivity contribution in [2.45, 2.75) is 18.4 Å². The number of nitrogens with zero attached hydrogens (tertiary/aromatic N) is 2. The number of rotatable bonds is 5. The molecule has 0 aliphatic heterocycles. The lowest BCUT2D eigenvalue weighted by Crippen LogP contribution is -2.23. The molecular formula is C11H12N4O5S. The fourth-order valence-electron chi connectivity index (χ4n) is 1.60. The standard InChI is InChI=1S/C11H12N4O5S/c1-7-4-8(20-14-7)6-13-21(18,19)9-2-3-10(12)11(5-9)15(16)17/h2-5,13H,6,12H2,1H3. The minimum atomic E-state index is -3.92. The van der Waals surface area contributed by atoms with Gasteiger partial charge in [-0.15, -0.1) is 0 Å². The zero-order chi connectivity index (χ0) is 15.6. The van der Waals surface area contributed by atoms with Crippen LogP contribution in [0.1, 0.15) is 11.5 Å². The number of nitro benzene ring substituents is 1. The van der Waals surface area contributed by atoms with E-state index < -0.39 is 20.6 Å². The molecule has 2 rings (SSSR count). The Balaban J connectivity index is 2.23. The maximum absolute atomic E-state index is 12.1. The van der Waals surface area contributed by atoms with Crippen LogP contribution in [0.4, 0.5) is 11.4 Å². The number of nitrogens with two attached hydrogens (primary N) is 1. The molecule has 0 spiro atoms. The number of aromatic nitrogens is 1. The van der Waals surface area contributed by atoms with Crippen LogP contribution < -0.4 is 10.5 Å². The van der Waals surface area contributed by atoms with Gasteiger partial charge in [-0.1, -0.05) is 5.16 Å². The van der Waals surface area contributed by atoms with Gasteiger partial charge >= 0.3 is 0 Å². The van der Waals surface area contributed by atoms with E-state index in [1.807, 2.05) is 0 Å². The summed E-state index contributed by atoms with van der Waals surface area (Å²) in [5.74, 6) is 0.334. The molecule has 0 amide bonds. The number of anilines is 1. The van der Waals surface area contributed by atoms with Crippen LogP contribution in [-0.4, -0.2) is 18.5 Å². The molecular weight excluding hydrogens is 300 g/mol. The number of nitrogen functional groups attached to an aromatic ring is 1. The van der Waals surface area contributed by atoms with Gasteiger partial charge in [0.25, 0.3) is 5.69 Å². The molecule has 0 atom stereocenters. The molecule has 0 aliphatic carbocycles. The fraction of sp³-hybridized carbons (Fsp3) is 0.182. The Kier molecular flexibility index (Phi) is 3.91. The summed E-state index contributed by atoms with van der Waals surface area (Å²) in [5, 5.41) is 14.4. The summed E-state index contributed by atoms with van der Waals surface area (Å²) in [6.07, 6.45) is 0. The van der Waals surface area contributed by atoms with Crippen LogP contribution in [0.2, 0.25) is 0 Å². The van der Waals surface area contributed by atoms with E-state index in [0.717, 1.165) is 6.07 Å². The first-order valence-electron chi connectivity index (χ1n) is 5.75. The third kappa shape index (κ3) is 3.35. The molecule has 1 aromatic carbocycles. The van der Waals surface area contributed by atoms with Gasteiger partial charge in [0.05, 0.1) is 22.1 Å². The zero-order valence-electron chi connectivity index (χ0n) is 10.9. The smallest absolute Gasteiger partial charge is 0.293 e. The molecule has 0 unspecified atom stereocenters. The Hall–Kier alpha value is -2.46. The lowest BCUT2D eigenvalue weighted by atomic mass is 10.3. The topological polar surface area (TPSA) is 141 Å². The SMILES string of the molecule is Cc1cc(CNS(=O)(=O)c2ccc(N)c([N+](=O)[O-])c2)on1. The van der Waals surface area contributed by atoms with Crippen LogP contribution in [0, 0.1) is 17.0 Å². The summed E-state index contributed by atoms with van der Waals surface area (Å²) >= 11 is 0. The van der Waals surface area contributed by atoms with Crippen molar-refractivity contribution >= 4 is 21.4 Å². The van der Waals surface area contributed by atoms with Gasteiger partial charge in [0, 0.05) is 12.1 Å². The van der Waals surface area contributed by atoms with Crippen molar-refractivity contribution in [3.05, 3.63) is 45.8 Å². The van der Waals surface area contributed by atoms with Gasteiger partial charge in [-0.05, 0) is 19.1 Å². The Morgan fingerprint density at radius 2 is 2.14 bits per heavy atom. The van der Waals surface area contributed by atoms with E-state index in [1.54, 1.807) is 13.0 Å². The molecule has 1 heterocycles. The maximum atomic E-state index is 12.1. The molecule has 0 radical (unpaired) electrons. The largest absolute Gasteiger partial charge is 0.393 e. The average molecular weight is 312 g/mol. The van der Waals surface area contributed by atoms with Crippen molar-refractivity contribution in [2.75, 3.05) is 5.73 Å². The van der Waals surface area contributed by atoms with Gasteiger partial charge in [-0.25, -0.2) is 13.1 Å². The van der Waals surface area contributed by atoms with E-state index in [0.29, 0.717) is 11.5 Å². The minimum absolute atomic E-state index is 0.107. The predicted octanol–water partition coefficient (Wildman–Crippen LogP) is 0.952. The monoisotopic (exact) mass is 312 g/mol. The van der Waals surface area contributed by atoms with E-state index in [1.165, 1.54) is 12.1 Å². The minimum Gasteiger partial charge on any atom is -0.393 e. The average Bonchev–Trinajstić information content (AvgIpc) is 2.82. The summed E-state index contributed by atoms with van der Waals surface area (Å²) in [6.45, 7) is 1.59. The molecule has 21 heavy (non-hydrogen) atoms. The molecule has 3 N–H and O–H groups in total. The number of nitrogens with one attached hydrogen (secondary N) is 1. The van der Waals surface area contributed by atoms with Crippen LogP contribution in [0.3, 0.4) is 0 Å². The van der Waals surface area contributed by atoms with Gasteiger partial charge in [0.15, 0.2) is 5.76 Å². The number of nitro groups is 1. The van der Waals surface area contributed by atoms with Crippen molar-refractivity contribution in [1.29, 1.82) is 0 Å². The fourth-order valence-corrected chi connectivity index (χ4v) is 2.61. The predicted molar refractivity (Wildman–Crippen MR) is 72.8 cm³/mol. The van der Waals surface area contributed by atoms with Crippen LogP contribution in [0.15, 0.2) is 33.7 Å². The van der Waals surface area contributed by atoms with Crippen LogP contribution in [0.5, 0.6) is 0 Å². The molecule has 10 heteroatoms. The van der Waals surface area contributed by atoms with Gasteiger partial charge in [-0.3, -0.25) is 10.1 Å². The first kappa shape index (κ1) is 14.9. The zero-order valence-corrected chi connectivity index (χ0v) is 11.8. The highest BCUT2D eigenvalue weighted by Crippen LogP contribution is 2.24. The molecule has 0 saturated carbocycles. The second kappa shape index (κ2) is 5.50. The molecule has 2 aromatic rings. The molecule has 0 fully saturated rings. The Labute approximate surface area is 119 Å².